The van der Waals surface area contributed by atoms with E-state index in [0.717, 1.165) is 32.1 Å². The standard InChI is InChI=1S/C14H23NO2S2/c1-3-13(14-8-5-9-18-14)15-11-6-4-7-12(10-11)19(2,16)17/h5,8-9,11-13,15H,3-4,6-7,10H2,1-2H3. The summed E-state index contributed by atoms with van der Waals surface area (Å²) in [6.45, 7) is 2.17. The van der Waals surface area contributed by atoms with Crippen molar-refractivity contribution >= 4 is 21.2 Å². The Hall–Kier alpha value is -0.390. The van der Waals surface area contributed by atoms with Gasteiger partial charge in [-0.05, 0) is 37.1 Å². The van der Waals surface area contributed by atoms with Crippen LogP contribution in [0.3, 0.4) is 0 Å². The summed E-state index contributed by atoms with van der Waals surface area (Å²) in [5, 5.41) is 5.60. The molecule has 19 heavy (non-hydrogen) atoms. The van der Waals surface area contributed by atoms with E-state index in [9.17, 15) is 8.42 Å². The fraction of sp³-hybridized carbons (Fsp3) is 0.714. The Balaban J connectivity index is 1.98. The third-order valence-corrected chi connectivity index (χ3v) is 6.59. The number of hydrogen-bond acceptors (Lipinski definition) is 4. The van der Waals surface area contributed by atoms with Crippen LogP contribution in [0.2, 0.25) is 0 Å². The van der Waals surface area contributed by atoms with Crippen LogP contribution in [0.5, 0.6) is 0 Å². The first-order chi connectivity index (χ1) is 9.00. The van der Waals surface area contributed by atoms with E-state index in [-0.39, 0.29) is 5.25 Å². The molecule has 0 saturated heterocycles. The van der Waals surface area contributed by atoms with Gasteiger partial charge >= 0.3 is 0 Å². The molecule has 0 amide bonds. The van der Waals surface area contributed by atoms with Gasteiger partial charge in [0.1, 0.15) is 9.84 Å². The summed E-state index contributed by atoms with van der Waals surface area (Å²) in [7, 11) is -2.89. The lowest BCUT2D eigenvalue weighted by atomic mass is 9.94. The molecule has 0 aromatic carbocycles. The van der Waals surface area contributed by atoms with Gasteiger partial charge in [-0.15, -0.1) is 11.3 Å². The maximum absolute atomic E-state index is 11.7. The maximum Gasteiger partial charge on any atom is 0.150 e. The lowest BCUT2D eigenvalue weighted by Gasteiger charge is -2.31. The van der Waals surface area contributed by atoms with Gasteiger partial charge in [0, 0.05) is 23.2 Å². The van der Waals surface area contributed by atoms with E-state index < -0.39 is 9.84 Å². The summed E-state index contributed by atoms with van der Waals surface area (Å²) in [6.07, 6.45) is 6.11. The number of hydrogen-bond donors (Lipinski definition) is 1. The molecule has 0 spiro atoms. The zero-order valence-electron chi connectivity index (χ0n) is 11.6. The molecule has 1 aromatic heterocycles. The zero-order chi connectivity index (χ0) is 13.9. The highest BCUT2D eigenvalue weighted by molar-refractivity contribution is 7.91. The van der Waals surface area contributed by atoms with Crippen molar-refractivity contribution < 1.29 is 8.42 Å². The molecule has 0 aliphatic heterocycles. The molecule has 0 bridgehead atoms. The number of thiophene rings is 1. The molecule has 3 unspecified atom stereocenters. The summed E-state index contributed by atoms with van der Waals surface area (Å²) >= 11 is 1.77. The van der Waals surface area contributed by atoms with Crippen LogP contribution in [0.15, 0.2) is 17.5 Å². The van der Waals surface area contributed by atoms with Crippen molar-refractivity contribution in [3.63, 3.8) is 0 Å². The van der Waals surface area contributed by atoms with Gasteiger partial charge < -0.3 is 5.32 Å². The van der Waals surface area contributed by atoms with Gasteiger partial charge in [0.2, 0.25) is 0 Å². The van der Waals surface area contributed by atoms with Crippen LogP contribution in [-0.4, -0.2) is 26.0 Å². The molecule has 3 atom stereocenters. The van der Waals surface area contributed by atoms with Gasteiger partial charge in [-0.1, -0.05) is 19.4 Å². The first-order valence-electron chi connectivity index (χ1n) is 6.99. The van der Waals surface area contributed by atoms with Crippen molar-refractivity contribution in [2.75, 3.05) is 6.26 Å². The van der Waals surface area contributed by atoms with Gasteiger partial charge in [-0.2, -0.15) is 0 Å². The molecule has 1 fully saturated rings. The lowest BCUT2D eigenvalue weighted by Crippen LogP contribution is -2.40. The maximum atomic E-state index is 11.7. The van der Waals surface area contributed by atoms with E-state index in [2.05, 4.69) is 29.8 Å². The van der Waals surface area contributed by atoms with Gasteiger partial charge in [0.05, 0.1) is 5.25 Å². The van der Waals surface area contributed by atoms with Crippen LogP contribution in [0.1, 0.15) is 49.9 Å². The SMILES string of the molecule is CCC(NC1CCCC(S(C)(=O)=O)C1)c1cccs1. The van der Waals surface area contributed by atoms with Crippen molar-refractivity contribution in [2.45, 2.75) is 56.4 Å². The smallest absolute Gasteiger partial charge is 0.150 e. The fourth-order valence-corrected chi connectivity index (χ4v) is 4.91. The summed E-state index contributed by atoms with van der Waals surface area (Å²) < 4.78 is 23.4. The molecule has 1 heterocycles. The molecular formula is C14H23NO2S2. The van der Waals surface area contributed by atoms with Gasteiger partial charge in [-0.3, -0.25) is 0 Å². The molecule has 0 radical (unpaired) electrons. The van der Waals surface area contributed by atoms with E-state index in [4.69, 9.17) is 0 Å². The van der Waals surface area contributed by atoms with Crippen molar-refractivity contribution in [2.24, 2.45) is 0 Å². The highest BCUT2D eigenvalue weighted by atomic mass is 32.2. The Kier molecular flexibility index (Phi) is 5.03. The Morgan fingerprint density at radius 3 is 2.84 bits per heavy atom. The van der Waals surface area contributed by atoms with Crippen LogP contribution in [0, 0.1) is 0 Å². The molecule has 2 rings (SSSR count). The fourth-order valence-electron chi connectivity index (χ4n) is 2.86. The number of sulfone groups is 1. The molecule has 5 heteroatoms. The average Bonchev–Trinajstić information content (AvgIpc) is 2.89. The van der Waals surface area contributed by atoms with E-state index in [1.54, 1.807) is 11.3 Å². The van der Waals surface area contributed by atoms with Crippen molar-refractivity contribution in [3.05, 3.63) is 22.4 Å². The first-order valence-corrected chi connectivity index (χ1v) is 9.82. The predicted octanol–water partition coefficient (Wildman–Crippen LogP) is 3.14. The molecule has 1 aliphatic carbocycles. The third-order valence-electron chi connectivity index (χ3n) is 3.96. The lowest BCUT2D eigenvalue weighted by molar-refractivity contribution is 0.336. The second kappa shape index (κ2) is 6.37. The minimum Gasteiger partial charge on any atom is -0.306 e. The summed E-state index contributed by atoms with van der Waals surface area (Å²) in [6, 6.07) is 4.93. The van der Waals surface area contributed by atoms with E-state index >= 15 is 0 Å². The number of rotatable bonds is 5. The summed E-state index contributed by atoms with van der Waals surface area (Å²) in [4.78, 5) is 1.35. The highest BCUT2D eigenvalue weighted by Crippen LogP contribution is 2.28. The van der Waals surface area contributed by atoms with Crippen LogP contribution in [0.4, 0.5) is 0 Å². The van der Waals surface area contributed by atoms with Crippen LogP contribution < -0.4 is 5.32 Å². The second-order valence-electron chi connectivity index (χ2n) is 5.46. The van der Waals surface area contributed by atoms with E-state index in [1.807, 2.05) is 0 Å². The molecule has 108 valence electrons. The van der Waals surface area contributed by atoms with E-state index in [0.29, 0.717) is 12.1 Å². The van der Waals surface area contributed by atoms with Gasteiger partial charge in [0.25, 0.3) is 0 Å². The monoisotopic (exact) mass is 301 g/mol. The van der Waals surface area contributed by atoms with Gasteiger partial charge in [-0.25, -0.2) is 8.42 Å². The normalized spacial score (nSPS) is 26.2. The number of nitrogens with one attached hydrogen (secondary N) is 1. The van der Waals surface area contributed by atoms with E-state index in [1.165, 1.54) is 11.1 Å². The Morgan fingerprint density at radius 1 is 1.47 bits per heavy atom. The molecular weight excluding hydrogens is 278 g/mol. The van der Waals surface area contributed by atoms with Crippen molar-refractivity contribution in [3.8, 4) is 0 Å². The highest BCUT2D eigenvalue weighted by Gasteiger charge is 2.29. The molecule has 1 saturated carbocycles. The third kappa shape index (κ3) is 4.04. The predicted molar refractivity (Wildman–Crippen MR) is 81.4 cm³/mol. The van der Waals surface area contributed by atoms with Crippen LogP contribution in [-0.2, 0) is 9.84 Å². The Labute approximate surface area is 120 Å². The van der Waals surface area contributed by atoms with Crippen molar-refractivity contribution in [1.29, 1.82) is 0 Å². The summed E-state index contributed by atoms with van der Waals surface area (Å²) in [5.74, 6) is 0. The minimum absolute atomic E-state index is 0.153. The Bertz CT molecular complexity index is 482. The summed E-state index contributed by atoms with van der Waals surface area (Å²) in [5.41, 5.74) is 0. The topological polar surface area (TPSA) is 46.2 Å². The van der Waals surface area contributed by atoms with Gasteiger partial charge in [0.15, 0.2) is 0 Å². The zero-order valence-corrected chi connectivity index (χ0v) is 13.3. The molecule has 1 N–H and O–H groups in total. The van der Waals surface area contributed by atoms with Crippen LogP contribution >= 0.6 is 11.3 Å². The second-order valence-corrected chi connectivity index (χ2v) is 8.76. The van der Waals surface area contributed by atoms with Crippen molar-refractivity contribution in [1.82, 2.24) is 5.32 Å². The van der Waals surface area contributed by atoms with Crippen LogP contribution in [0.25, 0.3) is 0 Å². The molecule has 3 nitrogen and oxygen atoms in total. The minimum atomic E-state index is -2.89. The quantitative estimate of drug-likeness (QED) is 0.909. The molecule has 1 aliphatic rings. The first kappa shape index (κ1) is 15.0. The Morgan fingerprint density at radius 2 is 2.26 bits per heavy atom. The molecule has 1 aromatic rings. The largest absolute Gasteiger partial charge is 0.306 e. The average molecular weight is 301 g/mol.